The first kappa shape index (κ1) is 20.7. The molecule has 164 valence electrons. The lowest BCUT2D eigenvalue weighted by Gasteiger charge is -2.32. The van der Waals surface area contributed by atoms with Crippen molar-refractivity contribution in [1.82, 2.24) is 19.3 Å². The normalized spacial score (nSPS) is 16.4. The number of hydrogen-bond donors (Lipinski definition) is 1. The third kappa shape index (κ3) is 4.00. The maximum atomic E-state index is 13.0. The average Bonchev–Trinajstić information content (AvgIpc) is 3.32. The minimum atomic E-state index is 0.144. The Balaban J connectivity index is 1.42. The van der Waals surface area contributed by atoms with Crippen LogP contribution in [0.4, 0.5) is 11.6 Å². The van der Waals surface area contributed by atoms with Crippen molar-refractivity contribution in [3.8, 4) is 0 Å². The van der Waals surface area contributed by atoms with E-state index in [4.69, 9.17) is 4.98 Å². The highest BCUT2D eigenvalue weighted by atomic mass is 32.1. The number of pyridine rings is 1. The van der Waals surface area contributed by atoms with Crippen molar-refractivity contribution in [1.29, 1.82) is 0 Å². The van der Waals surface area contributed by atoms with Gasteiger partial charge in [0.15, 0.2) is 0 Å². The topological polar surface area (TPSA) is 62.5 Å². The molecule has 4 heterocycles. The number of imidazole rings is 1. The zero-order valence-corrected chi connectivity index (χ0v) is 19.2. The molecule has 1 atom stereocenters. The molecule has 0 saturated carbocycles. The van der Waals surface area contributed by atoms with Gasteiger partial charge in [0.1, 0.15) is 4.83 Å². The van der Waals surface area contributed by atoms with Crippen molar-refractivity contribution in [2.24, 2.45) is 0 Å². The maximum absolute atomic E-state index is 13.0. The number of amides is 1. The summed E-state index contributed by atoms with van der Waals surface area (Å²) in [6, 6.07) is 15.9. The van der Waals surface area contributed by atoms with E-state index in [0.29, 0.717) is 13.0 Å². The number of carbonyl (C=O) groups is 1. The fourth-order valence-corrected chi connectivity index (χ4v) is 5.57. The quantitative estimate of drug-likeness (QED) is 0.464. The van der Waals surface area contributed by atoms with Gasteiger partial charge in [-0.1, -0.05) is 24.3 Å². The Bertz CT molecular complexity index is 1230. The predicted octanol–water partition coefficient (Wildman–Crippen LogP) is 5.10. The Morgan fingerprint density at radius 2 is 1.97 bits per heavy atom. The smallest absolute Gasteiger partial charge is 0.228 e. The molecule has 32 heavy (non-hydrogen) atoms. The Morgan fingerprint density at radius 1 is 1.16 bits per heavy atom. The molecule has 1 aliphatic heterocycles. The van der Waals surface area contributed by atoms with Gasteiger partial charge in [0.2, 0.25) is 11.9 Å². The molecule has 1 aromatic carbocycles. The zero-order valence-electron chi connectivity index (χ0n) is 18.4. The van der Waals surface area contributed by atoms with Crippen molar-refractivity contribution in [3.63, 3.8) is 0 Å². The first-order valence-corrected chi connectivity index (χ1v) is 11.9. The number of fused-ring (bicyclic) bond motifs is 1. The SMILES string of the molecule is Cc1sc2c(C3CCCN(C(=O)Cc4ccccn4)C3)nc(Nc3ccccc3)n2c1C. The van der Waals surface area contributed by atoms with Crippen LogP contribution in [-0.2, 0) is 11.2 Å². The number of carbonyl (C=O) groups excluding carboxylic acids is 1. The zero-order chi connectivity index (χ0) is 22.1. The molecule has 1 unspecified atom stereocenters. The van der Waals surface area contributed by atoms with Crippen molar-refractivity contribution in [3.05, 3.63) is 76.7 Å². The number of anilines is 2. The second kappa shape index (κ2) is 8.74. The van der Waals surface area contributed by atoms with Crippen LogP contribution in [0.15, 0.2) is 54.7 Å². The molecule has 4 aromatic rings. The molecule has 3 aromatic heterocycles. The molecule has 1 aliphatic rings. The highest BCUT2D eigenvalue weighted by Gasteiger charge is 2.30. The number of aryl methyl sites for hydroxylation is 2. The van der Waals surface area contributed by atoms with Crippen molar-refractivity contribution in [2.45, 2.75) is 39.0 Å². The van der Waals surface area contributed by atoms with Gasteiger partial charge in [-0.25, -0.2) is 4.98 Å². The van der Waals surface area contributed by atoms with E-state index in [-0.39, 0.29) is 11.8 Å². The Morgan fingerprint density at radius 3 is 2.75 bits per heavy atom. The lowest BCUT2D eigenvalue weighted by atomic mass is 9.95. The minimum absolute atomic E-state index is 0.144. The number of benzene rings is 1. The van der Waals surface area contributed by atoms with E-state index in [1.54, 1.807) is 17.5 Å². The van der Waals surface area contributed by atoms with E-state index < -0.39 is 0 Å². The number of thiazole rings is 1. The van der Waals surface area contributed by atoms with Crippen molar-refractivity contribution < 1.29 is 4.79 Å². The van der Waals surface area contributed by atoms with Gasteiger partial charge in [-0.05, 0) is 51.0 Å². The highest BCUT2D eigenvalue weighted by Crippen LogP contribution is 2.37. The molecule has 1 N–H and O–H groups in total. The van der Waals surface area contributed by atoms with Crippen LogP contribution in [0.3, 0.4) is 0 Å². The molecule has 6 nitrogen and oxygen atoms in total. The fourth-order valence-electron chi connectivity index (χ4n) is 4.40. The molecule has 5 rings (SSSR count). The molecule has 0 aliphatic carbocycles. The summed E-state index contributed by atoms with van der Waals surface area (Å²) < 4.78 is 2.23. The monoisotopic (exact) mass is 445 g/mol. The predicted molar refractivity (Wildman–Crippen MR) is 129 cm³/mol. The number of nitrogens with zero attached hydrogens (tertiary/aromatic N) is 4. The summed E-state index contributed by atoms with van der Waals surface area (Å²) in [4.78, 5) is 26.8. The summed E-state index contributed by atoms with van der Waals surface area (Å²) >= 11 is 1.79. The lowest BCUT2D eigenvalue weighted by Crippen LogP contribution is -2.40. The van der Waals surface area contributed by atoms with Crippen LogP contribution in [0.1, 0.15) is 40.7 Å². The van der Waals surface area contributed by atoms with Gasteiger partial charge >= 0.3 is 0 Å². The van der Waals surface area contributed by atoms with Crippen LogP contribution in [0.2, 0.25) is 0 Å². The standard InChI is InChI=1S/C25H27N5OS/c1-17-18(2)32-24-23(28-25(30(17)24)27-20-10-4-3-5-11-20)19-9-8-14-29(16-19)22(31)15-21-12-6-7-13-26-21/h3-7,10-13,19H,8-9,14-16H2,1-2H3,(H,27,28). The lowest BCUT2D eigenvalue weighted by molar-refractivity contribution is -0.131. The average molecular weight is 446 g/mol. The van der Waals surface area contributed by atoms with Gasteiger partial charge in [0, 0.05) is 47.2 Å². The first-order chi connectivity index (χ1) is 15.6. The largest absolute Gasteiger partial charge is 0.342 e. The molecule has 1 fully saturated rings. The Kier molecular flexibility index (Phi) is 5.66. The van der Waals surface area contributed by atoms with Gasteiger partial charge in [-0.2, -0.15) is 0 Å². The maximum Gasteiger partial charge on any atom is 0.228 e. The first-order valence-electron chi connectivity index (χ1n) is 11.1. The van der Waals surface area contributed by atoms with Crippen LogP contribution in [0.5, 0.6) is 0 Å². The second-order valence-corrected chi connectivity index (χ2v) is 9.58. The van der Waals surface area contributed by atoms with Crippen LogP contribution in [0.25, 0.3) is 4.83 Å². The molecular formula is C25H27N5OS. The fraction of sp³-hybridized carbons (Fsp3) is 0.320. The Labute approximate surface area is 191 Å². The molecule has 7 heteroatoms. The van der Waals surface area contributed by atoms with Crippen molar-refractivity contribution >= 4 is 33.7 Å². The molecule has 0 radical (unpaired) electrons. The number of aromatic nitrogens is 3. The van der Waals surface area contributed by atoms with E-state index in [1.807, 2.05) is 53.4 Å². The van der Waals surface area contributed by atoms with Crippen molar-refractivity contribution in [2.75, 3.05) is 18.4 Å². The minimum Gasteiger partial charge on any atom is -0.342 e. The molecular weight excluding hydrogens is 418 g/mol. The molecule has 0 bridgehead atoms. The molecule has 1 amide bonds. The Hall–Kier alpha value is -3.19. The van der Waals surface area contributed by atoms with Gasteiger partial charge in [-0.3, -0.25) is 14.2 Å². The van der Waals surface area contributed by atoms with Crippen LogP contribution in [0, 0.1) is 13.8 Å². The summed E-state index contributed by atoms with van der Waals surface area (Å²) in [5.41, 5.74) is 4.15. The summed E-state index contributed by atoms with van der Waals surface area (Å²) in [5.74, 6) is 1.22. The second-order valence-electron chi connectivity index (χ2n) is 8.37. The van der Waals surface area contributed by atoms with E-state index in [2.05, 4.69) is 28.5 Å². The number of piperidine rings is 1. The number of hydrogen-bond acceptors (Lipinski definition) is 5. The van der Waals surface area contributed by atoms with Gasteiger partial charge < -0.3 is 10.2 Å². The number of nitrogens with one attached hydrogen (secondary N) is 1. The van der Waals surface area contributed by atoms with E-state index in [0.717, 1.165) is 42.4 Å². The van der Waals surface area contributed by atoms with Crippen LogP contribution < -0.4 is 5.32 Å². The summed E-state index contributed by atoms with van der Waals surface area (Å²) in [7, 11) is 0. The third-order valence-corrected chi connectivity index (χ3v) is 7.39. The number of likely N-dealkylation sites (tertiary alicyclic amines) is 1. The van der Waals surface area contributed by atoms with Gasteiger partial charge in [0.05, 0.1) is 12.1 Å². The van der Waals surface area contributed by atoms with Gasteiger partial charge in [0.25, 0.3) is 0 Å². The summed E-state index contributed by atoms with van der Waals surface area (Å²) in [6.07, 6.45) is 4.12. The highest BCUT2D eigenvalue weighted by molar-refractivity contribution is 7.17. The number of rotatable bonds is 5. The summed E-state index contributed by atoms with van der Waals surface area (Å²) in [6.45, 7) is 5.81. The van der Waals surface area contributed by atoms with E-state index in [1.165, 1.54) is 15.4 Å². The van der Waals surface area contributed by atoms with Crippen LogP contribution >= 0.6 is 11.3 Å². The molecule has 1 saturated heterocycles. The van der Waals surface area contributed by atoms with Crippen LogP contribution in [-0.4, -0.2) is 38.3 Å². The summed E-state index contributed by atoms with van der Waals surface area (Å²) in [5, 5.41) is 3.50. The van der Waals surface area contributed by atoms with E-state index in [9.17, 15) is 4.79 Å². The van der Waals surface area contributed by atoms with E-state index >= 15 is 0 Å². The third-order valence-electron chi connectivity index (χ3n) is 6.20. The number of para-hydroxylation sites is 1. The molecule has 0 spiro atoms. The van der Waals surface area contributed by atoms with Gasteiger partial charge in [-0.15, -0.1) is 11.3 Å².